The van der Waals surface area contributed by atoms with Crippen LogP contribution < -0.4 is 0 Å². The van der Waals surface area contributed by atoms with Gasteiger partial charge in [-0.2, -0.15) is 13.2 Å². The van der Waals surface area contributed by atoms with Crippen molar-refractivity contribution in [2.45, 2.75) is 37.6 Å². The van der Waals surface area contributed by atoms with Gasteiger partial charge in [0, 0.05) is 14.1 Å². The van der Waals surface area contributed by atoms with Crippen molar-refractivity contribution in [2.75, 3.05) is 14.1 Å². The van der Waals surface area contributed by atoms with Gasteiger partial charge in [-0.05, 0) is 24.1 Å². The maximum atomic E-state index is 12.6. The van der Waals surface area contributed by atoms with Gasteiger partial charge in [0.15, 0.2) is 0 Å². The van der Waals surface area contributed by atoms with Crippen LogP contribution in [0.4, 0.5) is 13.2 Å². The second kappa shape index (κ2) is 6.79. The smallest absolute Gasteiger partial charge is 0.212 e. The Morgan fingerprint density at radius 2 is 1.67 bits per heavy atom. The van der Waals surface area contributed by atoms with E-state index < -0.39 is 27.0 Å². The van der Waals surface area contributed by atoms with Crippen molar-refractivity contribution in [2.24, 2.45) is 0 Å². The number of alkyl halides is 3. The molecule has 3 nitrogen and oxygen atoms in total. The van der Waals surface area contributed by atoms with Crippen LogP contribution in [-0.2, 0) is 16.2 Å². The number of unbranched alkanes of at least 4 members (excludes halogenated alkanes) is 1. The number of hydrogen-bond acceptors (Lipinski definition) is 2. The molecule has 120 valence electrons. The number of rotatable bonds is 6. The van der Waals surface area contributed by atoms with Crippen molar-refractivity contribution in [3.05, 3.63) is 35.4 Å². The first-order chi connectivity index (χ1) is 9.60. The Morgan fingerprint density at radius 1 is 1.14 bits per heavy atom. The molecular weight excluding hydrogens is 303 g/mol. The van der Waals surface area contributed by atoms with Crippen LogP contribution in [-0.4, -0.2) is 26.8 Å². The summed E-state index contributed by atoms with van der Waals surface area (Å²) < 4.78 is 63.4. The average Bonchev–Trinajstić information content (AvgIpc) is 2.38. The minimum absolute atomic E-state index is 0.391. The molecule has 0 unspecified atom stereocenters. The standard InChI is InChI=1S/C14H20F3NO2S/c1-4-5-6-13(21(19,20)18(2)3)11-7-9-12(10-8-11)14(15,16)17/h7-10,13H,4-6H2,1-3H3/t13-/m0/s1. The maximum Gasteiger partial charge on any atom is 0.416 e. The zero-order valence-electron chi connectivity index (χ0n) is 12.3. The van der Waals surface area contributed by atoms with E-state index in [-0.39, 0.29) is 0 Å². The van der Waals surface area contributed by atoms with Gasteiger partial charge in [0.25, 0.3) is 0 Å². The molecule has 0 bridgehead atoms. The second-order valence-corrected chi connectivity index (χ2v) is 7.41. The van der Waals surface area contributed by atoms with Gasteiger partial charge in [-0.25, -0.2) is 12.7 Å². The molecule has 0 heterocycles. The summed E-state index contributed by atoms with van der Waals surface area (Å²) in [6.45, 7) is 1.94. The van der Waals surface area contributed by atoms with Crippen molar-refractivity contribution in [3.63, 3.8) is 0 Å². The molecule has 1 atom stereocenters. The van der Waals surface area contributed by atoms with E-state index in [9.17, 15) is 21.6 Å². The summed E-state index contributed by atoms with van der Waals surface area (Å²) in [5.41, 5.74) is -0.382. The highest BCUT2D eigenvalue weighted by Crippen LogP contribution is 2.33. The molecule has 1 rings (SSSR count). The van der Waals surface area contributed by atoms with E-state index in [0.717, 1.165) is 22.9 Å². The fourth-order valence-corrected chi connectivity index (χ4v) is 3.49. The fourth-order valence-electron chi connectivity index (χ4n) is 2.02. The summed E-state index contributed by atoms with van der Waals surface area (Å²) in [4.78, 5) is 0. The molecule has 0 saturated carbocycles. The molecule has 0 aliphatic carbocycles. The van der Waals surface area contributed by atoms with Gasteiger partial charge in [0.1, 0.15) is 5.25 Å². The highest BCUT2D eigenvalue weighted by atomic mass is 32.2. The molecule has 0 aromatic heterocycles. The lowest BCUT2D eigenvalue weighted by molar-refractivity contribution is -0.137. The molecule has 7 heteroatoms. The molecule has 1 aromatic rings. The fraction of sp³-hybridized carbons (Fsp3) is 0.571. The van der Waals surface area contributed by atoms with Crippen LogP contribution in [0.1, 0.15) is 42.6 Å². The van der Waals surface area contributed by atoms with E-state index in [4.69, 9.17) is 0 Å². The van der Waals surface area contributed by atoms with E-state index in [1.807, 2.05) is 6.92 Å². The monoisotopic (exact) mass is 323 g/mol. The molecule has 0 aliphatic heterocycles. The predicted octanol–water partition coefficient (Wildman–Crippen LogP) is 3.83. The zero-order chi connectivity index (χ0) is 16.3. The largest absolute Gasteiger partial charge is 0.416 e. The minimum atomic E-state index is -4.42. The van der Waals surface area contributed by atoms with Gasteiger partial charge in [-0.1, -0.05) is 31.9 Å². The highest BCUT2D eigenvalue weighted by molar-refractivity contribution is 7.89. The third-order valence-electron chi connectivity index (χ3n) is 3.30. The predicted molar refractivity (Wildman–Crippen MR) is 76.3 cm³/mol. The minimum Gasteiger partial charge on any atom is -0.212 e. The third-order valence-corrected chi connectivity index (χ3v) is 5.54. The Kier molecular flexibility index (Phi) is 5.81. The van der Waals surface area contributed by atoms with E-state index in [1.54, 1.807) is 0 Å². The van der Waals surface area contributed by atoms with E-state index in [1.165, 1.54) is 26.2 Å². The van der Waals surface area contributed by atoms with Crippen LogP contribution in [0.15, 0.2) is 24.3 Å². The Balaban J connectivity index is 3.16. The first-order valence-electron chi connectivity index (χ1n) is 6.69. The Bertz CT molecular complexity index is 551. The molecule has 0 fully saturated rings. The zero-order valence-corrected chi connectivity index (χ0v) is 13.1. The van der Waals surface area contributed by atoms with E-state index >= 15 is 0 Å². The molecule has 0 amide bonds. The first-order valence-corrected chi connectivity index (χ1v) is 8.19. The van der Waals surface area contributed by atoms with E-state index in [2.05, 4.69) is 0 Å². The number of halogens is 3. The molecule has 0 N–H and O–H groups in total. The van der Waals surface area contributed by atoms with Gasteiger partial charge < -0.3 is 0 Å². The maximum absolute atomic E-state index is 12.6. The van der Waals surface area contributed by atoms with E-state index in [0.29, 0.717) is 18.4 Å². The first kappa shape index (κ1) is 18.0. The van der Waals surface area contributed by atoms with Crippen LogP contribution in [0.2, 0.25) is 0 Å². The topological polar surface area (TPSA) is 37.4 Å². The summed E-state index contributed by atoms with van der Waals surface area (Å²) in [6.07, 6.45) is -2.51. The number of nitrogens with zero attached hydrogens (tertiary/aromatic N) is 1. The molecule has 1 aromatic carbocycles. The molecule has 21 heavy (non-hydrogen) atoms. The molecular formula is C14H20F3NO2S. The van der Waals surface area contributed by atoms with Gasteiger partial charge in [0.05, 0.1) is 5.56 Å². The molecule has 0 spiro atoms. The van der Waals surface area contributed by atoms with Crippen LogP contribution in [0.5, 0.6) is 0 Å². The van der Waals surface area contributed by atoms with Crippen LogP contribution in [0.25, 0.3) is 0 Å². The summed E-state index contributed by atoms with van der Waals surface area (Å²) >= 11 is 0. The van der Waals surface area contributed by atoms with Crippen LogP contribution in [0.3, 0.4) is 0 Å². The highest BCUT2D eigenvalue weighted by Gasteiger charge is 2.32. The molecule has 0 aliphatic rings. The number of benzene rings is 1. The van der Waals surface area contributed by atoms with Gasteiger partial charge >= 0.3 is 6.18 Å². The third kappa shape index (κ3) is 4.44. The van der Waals surface area contributed by atoms with Crippen LogP contribution >= 0.6 is 0 Å². The second-order valence-electron chi connectivity index (χ2n) is 5.08. The van der Waals surface area contributed by atoms with Crippen molar-refractivity contribution >= 4 is 10.0 Å². The van der Waals surface area contributed by atoms with Crippen molar-refractivity contribution in [1.29, 1.82) is 0 Å². The van der Waals surface area contributed by atoms with Crippen molar-refractivity contribution in [3.8, 4) is 0 Å². The summed E-state index contributed by atoms with van der Waals surface area (Å²) in [6, 6.07) is 4.37. The van der Waals surface area contributed by atoms with Crippen molar-refractivity contribution < 1.29 is 21.6 Å². The van der Waals surface area contributed by atoms with Gasteiger partial charge in [0.2, 0.25) is 10.0 Å². The molecule has 0 saturated heterocycles. The summed E-state index contributed by atoms with van der Waals surface area (Å²) in [5.74, 6) is 0. The SMILES string of the molecule is CCCC[C@@H](c1ccc(C(F)(F)F)cc1)S(=O)(=O)N(C)C. The Morgan fingerprint density at radius 3 is 2.05 bits per heavy atom. The quantitative estimate of drug-likeness (QED) is 0.798. The summed E-state index contributed by atoms with van der Waals surface area (Å²) in [5, 5.41) is -0.810. The van der Waals surface area contributed by atoms with Gasteiger partial charge in [-0.15, -0.1) is 0 Å². The lowest BCUT2D eigenvalue weighted by atomic mass is 10.0. The van der Waals surface area contributed by atoms with Crippen LogP contribution in [0, 0.1) is 0 Å². The lowest BCUT2D eigenvalue weighted by Crippen LogP contribution is -2.28. The normalized spacial score (nSPS) is 14.4. The van der Waals surface area contributed by atoms with Crippen molar-refractivity contribution in [1.82, 2.24) is 4.31 Å². The average molecular weight is 323 g/mol. The Hall–Kier alpha value is -1.08. The Labute approximate surface area is 123 Å². The number of sulfonamides is 1. The number of hydrogen-bond donors (Lipinski definition) is 0. The lowest BCUT2D eigenvalue weighted by Gasteiger charge is -2.22. The molecule has 0 radical (unpaired) electrons. The van der Waals surface area contributed by atoms with Gasteiger partial charge in [-0.3, -0.25) is 0 Å². The summed E-state index contributed by atoms with van der Waals surface area (Å²) in [7, 11) is -0.703.